The molecule has 180 valence electrons. The van der Waals surface area contributed by atoms with Gasteiger partial charge in [0.25, 0.3) is 5.91 Å². The zero-order valence-corrected chi connectivity index (χ0v) is 19.6. The van der Waals surface area contributed by atoms with E-state index in [9.17, 15) is 22.8 Å². The quantitative estimate of drug-likeness (QED) is 0.483. The third kappa shape index (κ3) is 4.45. The summed E-state index contributed by atoms with van der Waals surface area (Å²) < 4.78 is 29.0. The first-order valence-electron chi connectivity index (χ1n) is 11.0. The molecule has 1 atom stereocenters. The highest BCUT2D eigenvalue weighted by molar-refractivity contribution is 7.89. The lowest BCUT2D eigenvalue weighted by Gasteiger charge is -2.29. The van der Waals surface area contributed by atoms with E-state index in [2.05, 4.69) is 20.4 Å². The second-order valence-electron chi connectivity index (χ2n) is 8.53. The van der Waals surface area contributed by atoms with E-state index < -0.39 is 22.0 Å². The highest BCUT2D eigenvalue weighted by atomic mass is 32.2. The summed E-state index contributed by atoms with van der Waals surface area (Å²) in [5.74, 6) is -1.08. The van der Waals surface area contributed by atoms with Crippen molar-refractivity contribution in [2.45, 2.75) is 43.8 Å². The number of amides is 3. The summed E-state index contributed by atoms with van der Waals surface area (Å²) in [6, 6.07) is 11.1. The lowest BCUT2D eigenvalue weighted by Crippen LogP contribution is -2.52. The Hall–Kier alpha value is -3.90. The standard InChI is InChI=1S/C23H22N6O5S/c1-14-2-6-18(7-3-14)35(33,34)24-11-16-13-29(27-26-16)17-5-4-15-12-28(23(32)19(15)10-17)20-8-9-21(30)25-22(20)31/h2-7,10,13,20,24H,8-9,11-12H2,1H3,(H,25,30,31). The minimum atomic E-state index is -3.70. The summed E-state index contributed by atoms with van der Waals surface area (Å²) >= 11 is 0. The first-order chi connectivity index (χ1) is 16.7. The molecular formula is C23H22N6O5S. The number of nitrogens with zero attached hydrogens (tertiary/aromatic N) is 4. The molecule has 3 aromatic rings. The van der Waals surface area contributed by atoms with Crippen LogP contribution in [0, 0.1) is 6.92 Å². The molecule has 0 bridgehead atoms. The van der Waals surface area contributed by atoms with Crippen LogP contribution in [-0.2, 0) is 32.7 Å². The molecule has 2 aromatic carbocycles. The van der Waals surface area contributed by atoms with E-state index in [0.29, 0.717) is 23.4 Å². The average molecular weight is 495 g/mol. The molecule has 12 heteroatoms. The van der Waals surface area contributed by atoms with Gasteiger partial charge in [0.2, 0.25) is 21.8 Å². The number of rotatable bonds is 6. The van der Waals surface area contributed by atoms with E-state index in [-0.39, 0.29) is 36.2 Å². The molecule has 11 nitrogen and oxygen atoms in total. The zero-order valence-electron chi connectivity index (χ0n) is 18.8. The van der Waals surface area contributed by atoms with Crippen molar-refractivity contribution in [3.05, 3.63) is 71.0 Å². The van der Waals surface area contributed by atoms with Crippen LogP contribution in [0.2, 0.25) is 0 Å². The SMILES string of the molecule is Cc1ccc(S(=O)(=O)NCc2cn(-c3ccc4c(c3)C(=O)N(C3CCC(=O)NC3=O)C4)nn2)cc1. The van der Waals surface area contributed by atoms with E-state index in [0.717, 1.165) is 11.1 Å². The van der Waals surface area contributed by atoms with Crippen molar-refractivity contribution in [3.8, 4) is 5.69 Å². The van der Waals surface area contributed by atoms with Crippen LogP contribution >= 0.6 is 0 Å². The molecule has 2 N–H and O–H groups in total. The maximum Gasteiger partial charge on any atom is 0.255 e. The van der Waals surface area contributed by atoms with Crippen LogP contribution in [0.25, 0.3) is 5.69 Å². The Morgan fingerprint density at radius 2 is 1.89 bits per heavy atom. The number of sulfonamides is 1. The van der Waals surface area contributed by atoms with Gasteiger partial charge in [-0.3, -0.25) is 19.7 Å². The molecule has 3 amide bonds. The number of hydrogen-bond acceptors (Lipinski definition) is 7. The lowest BCUT2D eigenvalue weighted by molar-refractivity contribution is -0.136. The summed E-state index contributed by atoms with van der Waals surface area (Å²) in [5, 5.41) is 10.4. The number of imide groups is 1. The summed E-state index contributed by atoms with van der Waals surface area (Å²) in [5.41, 5.74) is 3.15. The van der Waals surface area contributed by atoms with Gasteiger partial charge in [-0.1, -0.05) is 29.0 Å². The average Bonchev–Trinajstić information content (AvgIpc) is 3.43. The molecule has 3 heterocycles. The number of aryl methyl sites for hydroxylation is 1. The maximum atomic E-state index is 13.0. The number of hydrogen-bond donors (Lipinski definition) is 2. The van der Waals surface area contributed by atoms with Gasteiger partial charge in [-0.05, 0) is 43.2 Å². The fourth-order valence-corrected chi connectivity index (χ4v) is 5.16. The monoisotopic (exact) mass is 494 g/mol. The second-order valence-corrected chi connectivity index (χ2v) is 10.3. The Balaban J connectivity index is 1.29. The van der Waals surface area contributed by atoms with Crippen molar-refractivity contribution < 1.29 is 22.8 Å². The first kappa shape index (κ1) is 22.9. The molecule has 1 aromatic heterocycles. The lowest BCUT2D eigenvalue weighted by atomic mass is 10.0. The normalized spacial score (nSPS) is 18.0. The molecule has 2 aliphatic rings. The number of carbonyl (C=O) groups is 3. The predicted octanol–water partition coefficient (Wildman–Crippen LogP) is 0.815. The van der Waals surface area contributed by atoms with Crippen LogP contribution in [0.4, 0.5) is 0 Å². The largest absolute Gasteiger partial charge is 0.322 e. The second kappa shape index (κ2) is 8.71. The molecule has 35 heavy (non-hydrogen) atoms. The molecule has 2 aliphatic heterocycles. The molecule has 5 rings (SSSR count). The van der Waals surface area contributed by atoms with Crippen LogP contribution in [0.15, 0.2) is 53.6 Å². The van der Waals surface area contributed by atoms with Crippen molar-refractivity contribution in [2.24, 2.45) is 0 Å². The minimum absolute atomic E-state index is 0.0522. The number of carbonyl (C=O) groups excluding carboxylic acids is 3. The van der Waals surface area contributed by atoms with Crippen molar-refractivity contribution in [1.82, 2.24) is 29.9 Å². The Labute approximate surface area is 201 Å². The van der Waals surface area contributed by atoms with E-state index in [1.54, 1.807) is 36.5 Å². The van der Waals surface area contributed by atoms with Crippen molar-refractivity contribution >= 4 is 27.7 Å². The van der Waals surface area contributed by atoms with Crippen LogP contribution in [0.3, 0.4) is 0 Å². The molecule has 1 fully saturated rings. The van der Waals surface area contributed by atoms with E-state index in [4.69, 9.17) is 0 Å². The van der Waals surface area contributed by atoms with E-state index in [1.165, 1.54) is 21.7 Å². The van der Waals surface area contributed by atoms with Crippen LogP contribution in [0.5, 0.6) is 0 Å². The van der Waals surface area contributed by atoms with Gasteiger partial charge in [0.15, 0.2) is 0 Å². The van der Waals surface area contributed by atoms with Crippen LogP contribution in [-0.4, -0.2) is 52.1 Å². The molecule has 0 aliphatic carbocycles. The van der Waals surface area contributed by atoms with Gasteiger partial charge in [-0.25, -0.2) is 17.8 Å². The van der Waals surface area contributed by atoms with Gasteiger partial charge < -0.3 is 4.90 Å². The van der Waals surface area contributed by atoms with Gasteiger partial charge in [0.05, 0.1) is 29.0 Å². The molecule has 0 radical (unpaired) electrons. The van der Waals surface area contributed by atoms with Gasteiger partial charge in [-0.15, -0.1) is 5.10 Å². The summed E-state index contributed by atoms with van der Waals surface area (Å²) in [4.78, 5) is 38.3. The first-order valence-corrected chi connectivity index (χ1v) is 12.4. The fraction of sp³-hybridized carbons (Fsp3) is 0.261. The summed E-state index contributed by atoms with van der Waals surface area (Å²) in [6.45, 7) is 2.11. The molecular weight excluding hydrogens is 472 g/mol. The third-order valence-corrected chi connectivity index (χ3v) is 7.51. The van der Waals surface area contributed by atoms with Crippen molar-refractivity contribution in [1.29, 1.82) is 0 Å². The predicted molar refractivity (Wildman–Crippen MR) is 123 cm³/mol. The summed E-state index contributed by atoms with van der Waals surface area (Å²) in [6.07, 6.45) is 2.07. The number of aromatic nitrogens is 3. The van der Waals surface area contributed by atoms with Gasteiger partial charge >= 0.3 is 0 Å². The maximum absolute atomic E-state index is 13.0. The molecule has 0 saturated carbocycles. The summed E-state index contributed by atoms with van der Waals surface area (Å²) in [7, 11) is -3.70. The zero-order chi connectivity index (χ0) is 24.7. The third-order valence-electron chi connectivity index (χ3n) is 6.09. The molecule has 1 unspecified atom stereocenters. The molecule has 1 saturated heterocycles. The fourth-order valence-electron chi connectivity index (χ4n) is 4.16. The number of piperidine rings is 1. The van der Waals surface area contributed by atoms with E-state index in [1.807, 2.05) is 6.92 Å². The smallest absolute Gasteiger partial charge is 0.255 e. The van der Waals surface area contributed by atoms with Crippen molar-refractivity contribution in [2.75, 3.05) is 0 Å². The molecule has 0 spiro atoms. The Morgan fingerprint density at radius 1 is 1.11 bits per heavy atom. The Bertz CT molecular complexity index is 1450. The van der Waals surface area contributed by atoms with Crippen LogP contribution in [0.1, 0.15) is 40.0 Å². The van der Waals surface area contributed by atoms with Crippen molar-refractivity contribution in [3.63, 3.8) is 0 Å². The Kier molecular flexibility index (Phi) is 5.69. The van der Waals surface area contributed by atoms with Crippen LogP contribution < -0.4 is 10.0 Å². The van der Waals surface area contributed by atoms with Gasteiger partial charge in [0, 0.05) is 18.5 Å². The topological polar surface area (TPSA) is 143 Å². The highest BCUT2D eigenvalue weighted by Crippen LogP contribution is 2.29. The van der Waals surface area contributed by atoms with E-state index >= 15 is 0 Å². The van der Waals surface area contributed by atoms with Gasteiger partial charge in [0.1, 0.15) is 6.04 Å². The highest BCUT2D eigenvalue weighted by Gasteiger charge is 2.39. The number of nitrogens with one attached hydrogen (secondary N) is 2. The number of fused-ring (bicyclic) bond motifs is 1. The van der Waals surface area contributed by atoms with Gasteiger partial charge in [-0.2, -0.15) is 0 Å². The minimum Gasteiger partial charge on any atom is -0.322 e. The number of benzene rings is 2. The Morgan fingerprint density at radius 3 is 2.63 bits per heavy atom.